The van der Waals surface area contributed by atoms with Crippen molar-refractivity contribution in [2.24, 2.45) is 11.8 Å². The number of ether oxygens (including phenoxy) is 2. The number of aromatic nitrogens is 2. The molecule has 0 radical (unpaired) electrons. The van der Waals surface area contributed by atoms with Crippen molar-refractivity contribution < 1.29 is 33.0 Å². The van der Waals surface area contributed by atoms with E-state index in [1.165, 1.54) is 12.3 Å². The fourth-order valence-electron chi connectivity index (χ4n) is 3.96. The number of esters is 1. The lowest BCUT2D eigenvalue weighted by molar-refractivity contribution is -0.145. The van der Waals surface area contributed by atoms with E-state index in [1.807, 2.05) is 13.8 Å². The number of carbonyl (C=O) groups excluding carboxylic acids is 1. The molecule has 0 spiro atoms. The van der Waals surface area contributed by atoms with Gasteiger partial charge in [0.05, 0.1) is 19.3 Å². The number of nitrogens with one attached hydrogen (secondary N) is 2. The largest absolute Gasteiger partial charge is 0.465 e. The van der Waals surface area contributed by atoms with Crippen molar-refractivity contribution in [2.45, 2.75) is 58.6 Å². The molecular formula is C24H34N3O9P. The van der Waals surface area contributed by atoms with Crippen LogP contribution in [-0.4, -0.2) is 52.1 Å². The number of nitrogens with zero attached hydrogens (tertiary/aromatic N) is 1. The van der Waals surface area contributed by atoms with Gasteiger partial charge >= 0.3 is 19.4 Å². The maximum atomic E-state index is 13.9. The maximum Gasteiger partial charge on any atom is 0.459 e. The number of H-pyrrole nitrogens is 1. The highest BCUT2D eigenvalue weighted by molar-refractivity contribution is 7.52. The lowest BCUT2D eigenvalue weighted by atomic mass is 10.0. The van der Waals surface area contributed by atoms with Gasteiger partial charge in [0.1, 0.15) is 24.1 Å². The standard InChI is InChI=1S/C24H34N3O9P/c1-5-33-23(30)18(13-15(2)3)26-37(32,36-17-9-7-6-8-10-17)34-14-19-21(29)16(4)22(35-19)27-12-11-20(28)25-24(27)31/h6-12,15-16,18-19,21-22,29H,5,13-14H2,1-4H3,(H,26,32)(H,25,28,31)/t16-,18+,19+,21-,22+,37+/m0/s1. The molecule has 1 aliphatic heterocycles. The predicted molar refractivity (Wildman–Crippen MR) is 134 cm³/mol. The van der Waals surface area contributed by atoms with Gasteiger partial charge in [-0.15, -0.1) is 0 Å². The van der Waals surface area contributed by atoms with Gasteiger partial charge in [0.15, 0.2) is 0 Å². The molecule has 1 saturated heterocycles. The Morgan fingerprint density at radius 3 is 2.57 bits per heavy atom. The molecule has 1 aliphatic rings. The number of hydrogen-bond acceptors (Lipinski definition) is 9. The van der Waals surface area contributed by atoms with Gasteiger partial charge in [0.2, 0.25) is 0 Å². The molecule has 3 rings (SSSR count). The van der Waals surface area contributed by atoms with E-state index in [9.17, 15) is 24.1 Å². The van der Waals surface area contributed by atoms with E-state index in [-0.39, 0.29) is 24.9 Å². The summed E-state index contributed by atoms with van der Waals surface area (Å²) in [6.45, 7) is 6.91. The molecule has 204 valence electrons. The Balaban J connectivity index is 1.81. The molecule has 1 fully saturated rings. The Kier molecular flexibility index (Phi) is 9.86. The van der Waals surface area contributed by atoms with Gasteiger partial charge in [-0.1, -0.05) is 39.0 Å². The average Bonchev–Trinajstić information content (AvgIpc) is 3.11. The first-order chi connectivity index (χ1) is 17.5. The SMILES string of the molecule is CCOC(=O)[C@@H](CC(C)C)N[P@@](=O)(OC[C@H]1O[C@@H](n2ccc(=O)[nH]c2=O)[C@@H](C)[C@@H]1O)Oc1ccccc1. The van der Waals surface area contributed by atoms with Gasteiger partial charge in [-0.05, 0) is 31.4 Å². The molecule has 37 heavy (non-hydrogen) atoms. The van der Waals surface area contributed by atoms with Crippen LogP contribution < -0.4 is 20.9 Å². The van der Waals surface area contributed by atoms with Crippen LogP contribution in [0.4, 0.5) is 0 Å². The van der Waals surface area contributed by atoms with E-state index < -0.39 is 55.4 Å². The van der Waals surface area contributed by atoms with Crippen molar-refractivity contribution in [2.75, 3.05) is 13.2 Å². The van der Waals surface area contributed by atoms with Crippen LogP contribution >= 0.6 is 7.75 Å². The van der Waals surface area contributed by atoms with Crippen molar-refractivity contribution in [1.29, 1.82) is 0 Å². The summed E-state index contributed by atoms with van der Waals surface area (Å²) in [5, 5.41) is 13.5. The molecule has 0 amide bonds. The maximum absolute atomic E-state index is 13.9. The molecule has 0 unspecified atom stereocenters. The Morgan fingerprint density at radius 2 is 1.95 bits per heavy atom. The van der Waals surface area contributed by atoms with Crippen LogP contribution in [0.2, 0.25) is 0 Å². The number of carbonyl (C=O) groups is 1. The molecule has 0 saturated carbocycles. The molecule has 2 heterocycles. The van der Waals surface area contributed by atoms with E-state index in [1.54, 1.807) is 44.2 Å². The number of aliphatic hydroxyl groups is 1. The summed E-state index contributed by atoms with van der Waals surface area (Å²) in [6.07, 6.45) is -1.39. The second-order valence-electron chi connectivity index (χ2n) is 9.19. The van der Waals surface area contributed by atoms with E-state index in [0.29, 0.717) is 6.42 Å². The average molecular weight is 540 g/mol. The second-order valence-corrected chi connectivity index (χ2v) is 10.9. The van der Waals surface area contributed by atoms with Crippen LogP contribution in [0.5, 0.6) is 5.75 Å². The number of hydrogen-bond donors (Lipinski definition) is 3. The topological polar surface area (TPSA) is 158 Å². The van der Waals surface area contributed by atoms with Gasteiger partial charge in [-0.3, -0.25) is 23.7 Å². The van der Waals surface area contributed by atoms with Crippen molar-refractivity contribution in [3.63, 3.8) is 0 Å². The monoisotopic (exact) mass is 539 g/mol. The lowest BCUT2D eigenvalue weighted by Gasteiger charge is -2.26. The van der Waals surface area contributed by atoms with E-state index in [0.717, 1.165) is 4.57 Å². The minimum absolute atomic E-state index is 0.0595. The molecule has 0 bridgehead atoms. The molecular weight excluding hydrogens is 505 g/mol. The smallest absolute Gasteiger partial charge is 0.459 e. The van der Waals surface area contributed by atoms with Crippen LogP contribution in [0, 0.1) is 11.8 Å². The Bertz CT molecular complexity index is 1200. The van der Waals surface area contributed by atoms with Crippen LogP contribution in [0.25, 0.3) is 0 Å². The fraction of sp³-hybridized carbons (Fsp3) is 0.542. The zero-order valence-electron chi connectivity index (χ0n) is 21.2. The number of aliphatic hydroxyl groups excluding tert-OH is 1. The summed E-state index contributed by atoms with van der Waals surface area (Å²) < 4.78 is 37.4. The summed E-state index contributed by atoms with van der Waals surface area (Å²) in [5.41, 5.74) is -1.25. The van der Waals surface area contributed by atoms with Gasteiger partial charge in [0, 0.05) is 18.2 Å². The third kappa shape index (κ3) is 7.62. The van der Waals surface area contributed by atoms with E-state index >= 15 is 0 Å². The Hall–Kier alpha value is -2.76. The minimum Gasteiger partial charge on any atom is -0.465 e. The van der Waals surface area contributed by atoms with Gasteiger partial charge in [-0.25, -0.2) is 9.36 Å². The van der Waals surface area contributed by atoms with E-state index in [2.05, 4.69) is 10.1 Å². The summed E-state index contributed by atoms with van der Waals surface area (Å²) >= 11 is 0. The fourth-order valence-corrected chi connectivity index (χ4v) is 5.48. The Morgan fingerprint density at radius 1 is 1.24 bits per heavy atom. The van der Waals surface area contributed by atoms with Crippen molar-refractivity contribution >= 4 is 13.7 Å². The number of benzene rings is 1. The van der Waals surface area contributed by atoms with Gasteiger partial charge in [-0.2, -0.15) is 5.09 Å². The first-order valence-electron chi connectivity index (χ1n) is 12.1. The third-order valence-electron chi connectivity index (χ3n) is 5.78. The first-order valence-corrected chi connectivity index (χ1v) is 13.7. The molecule has 1 aromatic carbocycles. The Labute approximate surface area is 214 Å². The lowest BCUT2D eigenvalue weighted by Crippen LogP contribution is -2.39. The van der Waals surface area contributed by atoms with Crippen LogP contribution in [0.3, 0.4) is 0 Å². The molecule has 2 aromatic rings. The highest BCUT2D eigenvalue weighted by Gasteiger charge is 2.44. The molecule has 13 heteroatoms. The molecule has 3 N–H and O–H groups in total. The number of aromatic amines is 1. The third-order valence-corrected chi connectivity index (χ3v) is 7.35. The molecule has 0 aliphatic carbocycles. The first kappa shape index (κ1) is 28.8. The van der Waals surface area contributed by atoms with Crippen LogP contribution in [-0.2, 0) is 23.4 Å². The highest BCUT2D eigenvalue weighted by atomic mass is 31.2. The van der Waals surface area contributed by atoms with Gasteiger partial charge < -0.3 is 19.1 Å². The van der Waals surface area contributed by atoms with Crippen LogP contribution in [0.15, 0.2) is 52.2 Å². The zero-order chi connectivity index (χ0) is 27.2. The van der Waals surface area contributed by atoms with E-state index in [4.69, 9.17) is 18.5 Å². The number of rotatable bonds is 12. The summed E-state index contributed by atoms with van der Waals surface area (Å²) in [6, 6.07) is 8.50. The molecule has 6 atom stereocenters. The predicted octanol–water partition coefficient (Wildman–Crippen LogP) is 2.20. The summed E-state index contributed by atoms with van der Waals surface area (Å²) in [5.74, 6) is -0.860. The quantitative estimate of drug-likeness (QED) is 0.270. The van der Waals surface area contributed by atoms with Crippen molar-refractivity contribution in [3.8, 4) is 5.75 Å². The van der Waals surface area contributed by atoms with Crippen LogP contribution in [0.1, 0.15) is 40.3 Å². The molecule has 12 nitrogen and oxygen atoms in total. The summed E-state index contributed by atoms with van der Waals surface area (Å²) in [4.78, 5) is 38.4. The number of para-hydroxylation sites is 1. The van der Waals surface area contributed by atoms with Crippen molar-refractivity contribution in [3.05, 3.63) is 63.4 Å². The van der Waals surface area contributed by atoms with Crippen molar-refractivity contribution in [1.82, 2.24) is 14.6 Å². The summed E-state index contributed by atoms with van der Waals surface area (Å²) in [7, 11) is -4.20. The second kappa shape index (κ2) is 12.7. The zero-order valence-corrected chi connectivity index (χ0v) is 22.1. The normalized spacial score (nSPS) is 23.9. The highest BCUT2D eigenvalue weighted by Crippen LogP contribution is 2.46. The minimum atomic E-state index is -4.20. The van der Waals surface area contributed by atoms with Gasteiger partial charge in [0.25, 0.3) is 5.56 Å². The molecule has 1 aromatic heterocycles.